The highest BCUT2D eigenvalue weighted by Crippen LogP contribution is 2.39. The van der Waals surface area contributed by atoms with Gasteiger partial charge in [0.1, 0.15) is 4.90 Å². The van der Waals surface area contributed by atoms with Gasteiger partial charge >= 0.3 is 0 Å². The quantitative estimate of drug-likeness (QED) is 0.857. The zero-order valence-electron chi connectivity index (χ0n) is 11.8. The molecule has 1 aliphatic carbocycles. The molecule has 1 saturated carbocycles. The molecule has 1 N–H and O–H groups in total. The van der Waals surface area contributed by atoms with Gasteiger partial charge < -0.3 is 5.11 Å². The van der Waals surface area contributed by atoms with E-state index in [9.17, 15) is 13.5 Å². The molecular weight excluding hydrogens is 374 g/mol. The third kappa shape index (κ3) is 3.08. The first-order valence-electron chi connectivity index (χ1n) is 7.41. The van der Waals surface area contributed by atoms with Crippen LogP contribution in [0.25, 0.3) is 0 Å². The molecule has 4 nitrogen and oxygen atoms in total. The van der Waals surface area contributed by atoms with Gasteiger partial charge in [-0.15, -0.1) is 11.3 Å². The van der Waals surface area contributed by atoms with Crippen LogP contribution in [0.5, 0.6) is 0 Å². The molecule has 7 heteroatoms. The lowest BCUT2D eigenvalue weighted by molar-refractivity contribution is 0.136. The number of aliphatic hydroxyl groups excluding tert-OH is 1. The third-order valence-electron chi connectivity index (χ3n) is 4.73. The molecular formula is C14H20BrNO3S2. The van der Waals surface area contributed by atoms with Crippen LogP contribution in [0.4, 0.5) is 0 Å². The van der Waals surface area contributed by atoms with Crippen LogP contribution in [0, 0.1) is 11.8 Å². The zero-order chi connectivity index (χ0) is 15.0. The van der Waals surface area contributed by atoms with Crippen LogP contribution < -0.4 is 0 Å². The van der Waals surface area contributed by atoms with Gasteiger partial charge in [0.25, 0.3) is 0 Å². The summed E-state index contributed by atoms with van der Waals surface area (Å²) in [5.41, 5.74) is 0. The van der Waals surface area contributed by atoms with Crippen molar-refractivity contribution in [2.24, 2.45) is 11.8 Å². The van der Waals surface area contributed by atoms with E-state index in [1.165, 1.54) is 30.6 Å². The number of fused-ring (bicyclic) bond motifs is 1. The van der Waals surface area contributed by atoms with Crippen molar-refractivity contribution >= 4 is 37.3 Å². The van der Waals surface area contributed by atoms with Gasteiger partial charge in [0.15, 0.2) is 0 Å². The number of hydrogen-bond donors (Lipinski definition) is 1. The maximum absolute atomic E-state index is 12.8. The van der Waals surface area contributed by atoms with Crippen molar-refractivity contribution in [1.29, 1.82) is 0 Å². The molecule has 1 aliphatic heterocycles. The Kier molecular flexibility index (Phi) is 4.76. The number of aliphatic hydroxyl groups is 1. The van der Waals surface area contributed by atoms with Crippen LogP contribution in [0.3, 0.4) is 0 Å². The number of piperidine rings is 1. The van der Waals surface area contributed by atoms with Crippen molar-refractivity contribution in [3.05, 3.63) is 14.7 Å². The molecule has 1 aromatic heterocycles. The second-order valence-corrected chi connectivity index (χ2v) is 10.3. The van der Waals surface area contributed by atoms with E-state index >= 15 is 0 Å². The largest absolute Gasteiger partial charge is 0.391 e. The van der Waals surface area contributed by atoms with Crippen LogP contribution in [-0.4, -0.2) is 30.9 Å². The van der Waals surface area contributed by atoms with Gasteiger partial charge in [0.2, 0.25) is 10.0 Å². The van der Waals surface area contributed by atoms with Gasteiger partial charge in [0.05, 0.1) is 10.4 Å². The number of nitrogens with zero attached hydrogens (tertiary/aromatic N) is 1. The smallest absolute Gasteiger partial charge is 0.245 e. The molecule has 2 atom stereocenters. The summed E-state index contributed by atoms with van der Waals surface area (Å²) >= 11 is 4.62. The average Bonchev–Trinajstić information content (AvgIpc) is 2.88. The van der Waals surface area contributed by atoms with Crippen LogP contribution in [0.2, 0.25) is 0 Å². The molecule has 0 spiro atoms. The van der Waals surface area contributed by atoms with E-state index in [0.717, 1.165) is 12.8 Å². The van der Waals surface area contributed by atoms with Crippen molar-refractivity contribution in [3.8, 4) is 0 Å². The van der Waals surface area contributed by atoms with Gasteiger partial charge in [-0.2, -0.15) is 4.31 Å². The molecule has 21 heavy (non-hydrogen) atoms. The maximum atomic E-state index is 12.8. The highest BCUT2D eigenvalue weighted by molar-refractivity contribution is 9.11. The minimum atomic E-state index is -3.45. The van der Waals surface area contributed by atoms with E-state index in [1.807, 2.05) is 0 Å². The molecule has 1 aromatic rings. The zero-order valence-corrected chi connectivity index (χ0v) is 15.0. The topological polar surface area (TPSA) is 57.6 Å². The van der Waals surface area contributed by atoms with Crippen molar-refractivity contribution in [2.45, 2.75) is 43.6 Å². The molecule has 2 aliphatic rings. The lowest BCUT2D eigenvalue weighted by Gasteiger charge is -2.40. The van der Waals surface area contributed by atoms with Gasteiger partial charge in [0, 0.05) is 18.0 Å². The highest BCUT2D eigenvalue weighted by atomic mass is 79.9. The molecule has 3 rings (SSSR count). The minimum absolute atomic E-state index is 0.122. The molecule has 2 fully saturated rings. The summed E-state index contributed by atoms with van der Waals surface area (Å²) in [7, 11) is -3.45. The Hall–Kier alpha value is 0.0500. The fourth-order valence-corrected chi connectivity index (χ4v) is 7.58. The third-order valence-corrected chi connectivity index (χ3v) is 8.84. The predicted octanol–water partition coefficient (Wildman–Crippen LogP) is 3.20. The number of halogens is 1. The summed E-state index contributed by atoms with van der Waals surface area (Å²) in [5.74, 6) is 1.24. The molecule has 0 aromatic carbocycles. The Labute approximate surface area is 138 Å². The summed E-state index contributed by atoms with van der Waals surface area (Å²) in [6.07, 6.45) is 5.92. The fourth-order valence-electron chi connectivity index (χ4n) is 3.58. The second-order valence-electron chi connectivity index (χ2n) is 5.97. The van der Waals surface area contributed by atoms with Crippen molar-refractivity contribution in [2.75, 3.05) is 13.1 Å². The molecule has 0 bridgehead atoms. The standard InChI is InChI=1S/C14H20BrNO3S2/c15-14-13(7-12(9-17)20-14)21(18,19)16-6-5-10-3-1-2-4-11(10)8-16/h7,10-11,17H,1-6,8-9H2. The minimum Gasteiger partial charge on any atom is -0.391 e. The molecule has 1 saturated heterocycles. The van der Waals surface area contributed by atoms with E-state index in [1.54, 1.807) is 10.4 Å². The van der Waals surface area contributed by atoms with Gasteiger partial charge in [-0.05, 0) is 46.7 Å². The van der Waals surface area contributed by atoms with Gasteiger partial charge in [-0.25, -0.2) is 8.42 Å². The fraction of sp³-hybridized carbons (Fsp3) is 0.714. The summed E-state index contributed by atoms with van der Waals surface area (Å²) < 4.78 is 27.9. The van der Waals surface area contributed by atoms with Crippen LogP contribution in [-0.2, 0) is 16.6 Å². The van der Waals surface area contributed by atoms with E-state index in [-0.39, 0.29) is 6.61 Å². The maximum Gasteiger partial charge on any atom is 0.245 e. The van der Waals surface area contributed by atoms with Crippen molar-refractivity contribution in [3.63, 3.8) is 0 Å². The Balaban J connectivity index is 1.83. The average molecular weight is 394 g/mol. The summed E-state index contributed by atoms with van der Waals surface area (Å²) in [6, 6.07) is 1.59. The Morgan fingerprint density at radius 1 is 1.29 bits per heavy atom. The monoisotopic (exact) mass is 393 g/mol. The molecule has 0 radical (unpaired) electrons. The highest BCUT2D eigenvalue weighted by Gasteiger charge is 2.37. The number of hydrogen-bond acceptors (Lipinski definition) is 4. The lowest BCUT2D eigenvalue weighted by Crippen LogP contribution is -2.44. The molecule has 0 amide bonds. The van der Waals surface area contributed by atoms with E-state index in [4.69, 9.17) is 0 Å². The molecule has 118 valence electrons. The Morgan fingerprint density at radius 3 is 2.67 bits per heavy atom. The van der Waals surface area contributed by atoms with Crippen molar-refractivity contribution in [1.82, 2.24) is 4.31 Å². The van der Waals surface area contributed by atoms with E-state index in [0.29, 0.717) is 38.5 Å². The normalized spacial score (nSPS) is 27.5. The SMILES string of the molecule is O=S(=O)(c1cc(CO)sc1Br)N1CCC2CCCCC2C1. The first-order valence-corrected chi connectivity index (χ1v) is 10.5. The summed E-state index contributed by atoms with van der Waals surface area (Å²) in [5, 5.41) is 9.19. The van der Waals surface area contributed by atoms with Crippen LogP contribution >= 0.6 is 27.3 Å². The molecule has 2 unspecified atom stereocenters. The summed E-state index contributed by atoms with van der Waals surface area (Å²) in [4.78, 5) is 0.985. The summed E-state index contributed by atoms with van der Waals surface area (Å²) in [6.45, 7) is 1.16. The number of rotatable bonds is 3. The van der Waals surface area contributed by atoms with Crippen molar-refractivity contribution < 1.29 is 13.5 Å². The predicted molar refractivity (Wildman–Crippen MR) is 86.8 cm³/mol. The number of sulfonamides is 1. The van der Waals surface area contributed by atoms with E-state index < -0.39 is 10.0 Å². The lowest BCUT2D eigenvalue weighted by atomic mass is 9.76. The Bertz CT molecular complexity index is 614. The van der Waals surface area contributed by atoms with Gasteiger partial charge in [-0.1, -0.05) is 19.3 Å². The first-order chi connectivity index (χ1) is 10.0. The van der Waals surface area contributed by atoms with E-state index in [2.05, 4.69) is 15.9 Å². The second kappa shape index (κ2) is 6.28. The first kappa shape index (κ1) is 15.9. The van der Waals surface area contributed by atoms with Gasteiger partial charge in [-0.3, -0.25) is 0 Å². The molecule has 2 heterocycles. The number of thiophene rings is 1. The van der Waals surface area contributed by atoms with Crippen LogP contribution in [0.1, 0.15) is 37.0 Å². The van der Waals surface area contributed by atoms with Crippen LogP contribution in [0.15, 0.2) is 14.7 Å². The Morgan fingerprint density at radius 2 is 2.00 bits per heavy atom.